The second-order valence-corrected chi connectivity index (χ2v) is 7.51. The minimum atomic E-state index is -3.08. The molecule has 1 aliphatic heterocycles. The quantitative estimate of drug-likeness (QED) is 0.913. The monoisotopic (exact) mass is 265 g/mol. The number of fused-ring (bicyclic) bond motifs is 1. The van der Waals surface area contributed by atoms with Crippen molar-refractivity contribution in [3.05, 3.63) is 29.8 Å². The molecule has 0 bridgehead atoms. The summed E-state index contributed by atoms with van der Waals surface area (Å²) in [7, 11) is -3.08. The third kappa shape index (κ3) is 1.79. The third-order valence-electron chi connectivity index (χ3n) is 4.48. The number of benzene rings is 1. The Labute approximate surface area is 109 Å². The average Bonchev–Trinajstić information content (AvgIpc) is 2.57. The summed E-state index contributed by atoms with van der Waals surface area (Å²) in [6.07, 6.45) is 4.66. The van der Waals surface area contributed by atoms with Crippen LogP contribution in [0.4, 0.5) is 0 Å². The molecule has 0 spiro atoms. The first-order valence-electron chi connectivity index (χ1n) is 6.66. The van der Waals surface area contributed by atoms with Gasteiger partial charge in [-0.05, 0) is 37.3 Å². The zero-order valence-corrected chi connectivity index (χ0v) is 11.5. The van der Waals surface area contributed by atoms with Crippen molar-refractivity contribution in [1.29, 1.82) is 0 Å². The van der Waals surface area contributed by atoms with Crippen LogP contribution in [-0.2, 0) is 9.84 Å². The Morgan fingerprint density at radius 2 is 2.06 bits per heavy atom. The van der Waals surface area contributed by atoms with E-state index in [1.807, 2.05) is 12.1 Å². The molecule has 1 N–H and O–H groups in total. The van der Waals surface area contributed by atoms with E-state index in [4.69, 9.17) is 0 Å². The molecule has 2 aliphatic rings. The summed E-state index contributed by atoms with van der Waals surface area (Å²) < 4.78 is 24.2. The lowest BCUT2D eigenvalue weighted by molar-refractivity contribution is 0.161. The van der Waals surface area contributed by atoms with Crippen LogP contribution in [-0.4, -0.2) is 19.7 Å². The molecule has 3 nitrogen and oxygen atoms in total. The smallest absolute Gasteiger partial charge is 0.180 e. The van der Waals surface area contributed by atoms with E-state index in [1.54, 1.807) is 12.1 Å². The molecule has 3 rings (SSSR count). The summed E-state index contributed by atoms with van der Waals surface area (Å²) in [6, 6.07) is 7.38. The van der Waals surface area contributed by atoms with Gasteiger partial charge in [0.25, 0.3) is 0 Å². The van der Waals surface area contributed by atoms with Crippen LogP contribution in [0, 0.1) is 0 Å². The van der Waals surface area contributed by atoms with Gasteiger partial charge in [0.2, 0.25) is 0 Å². The van der Waals surface area contributed by atoms with E-state index in [9.17, 15) is 8.42 Å². The summed E-state index contributed by atoms with van der Waals surface area (Å²) in [5.74, 6) is 0.216. The van der Waals surface area contributed by atoms with Crippen LogP contribution >= 0.6 is 0 Å². The second-order valence-electron chi connectivity index (χ2n) is 5.50. The fourth-order valence-corrected chi connectivity index (χ4v) is 4.88. The van der Waals surface area contributed by atoms with Crippen molar-refractivity contribution in [2.75, 3.05) is 5.75 Å². The highest BCUT2D eigenvalue weighted by Gasteiger charge is 2.42. The lowest BCUT2D eigenvalue weighted by Crippen LogP contribution is -2.52. The highest BCUT2D eigenvalue weighted by Crippen LogP contribution is 2.40. The van der Waals surface area contributed by atoms with Crippen LogP contribution in [0.1, 0.15) is 44.2 Å². The minimum absolute atomic E-state index is 0.0218. The normalized spacial score (nSPS) is 27.5. The number of hydrogen-bond acceptors (Lipinski definition) is 3. The molecule has 98 valence electrons. The molecule has 1 aromatic rings. The molecule has 1 heterocycles. The van der Waals surface area contributed by atoms with Gasteiger partial charge in [0, 0.05) is 11.6 Å². The Balaban J connectivity index is 1.92. The molecule has 18 heavy (non-hydrogen) atoms. The molecule has 1 atom stereocenters. The van der Waals surface area contributed by atoms with Gasteiger partial charge in [0.15, 0.2) is 9.84 Å². The second kappa shape index (κ2) is 4.07. The Hall–Kier alpha value is -0.870. The predicted octanol–water partition coefficient (Wildman–Crippen LogP) is 2.44. The lowest BCUT2D eigenvalue weighted by Gasteiger charge is -2.44. The van der Waals surface area contributed by atoms with Gasteiger partial charge >= 0.3 is 0 Å². The molecular formula is C14H19NO2S. The number of rotatable bonds is 3. The molecule has 4 heteroatoms. The number of sulfone groups is 1. The van der Waals surface area contributed by atoms with Crippen molar-refractivity contribution in [1.82, 2.24) is 5.32 Å². The first-order chi connectivity index (χ1) is 8.56. The van der Waals surface area contributed by atoms with E-state index in [-0.39, 0.29) is 17.3 Å². The van der Waals surface area contributed by atoms with Gasteiger partial charge in [-0.3, -0.25) is 0 Å². The molecule has 0 radical (unpaired) electrons. The maximum Gasteiger partial charge on any atom is 0.180 e. The molecule has 0 amide bonds. The largest absolute Gasteiger partial charge is 0.303 e. The van der Waals surface area contributed by atoms with Crippen molar-refractivity contribution >= 4 is 9.84 Å². The molecule has 1 aliphatic carbocycles. The predicted molar refractivity (Wildman–Crippen MR) is 71.2 cm³/mol. The van der Waals surface area contributed by atoms with Gasteiger partial charge in [0.05, 0.1) is 10.6 Å². The summed E-state index contributed by atoms with van der Waals surface area (Å²) in [4.78, 5) is 0.521. The molecule has 1 aromatic carbocycles. The van der Waals surface area contributed by atoms with E-state index < -0.39 is 9.84 Å². The van der Waals surface area contributed by atoms with Gasteiger partial charge in [-0.25, -0.2) is 8.42 Å². The first kappa shape index (κ1) is 12.2. The van der Waals surface area contributed by atoms with Crippen molar-refractivity contribution in [2.24, 2.45) is 0 Å². The van der Waals surface area contributed by atoms with Gasteiger partial charge in [-0.1, -0.05) is 25.1 Å². The highest BCUT2D eigenvalue weighted by molar-refractivity contribution is 7.91. The van der Waals surface area contributed by atoms with Crippen LogP contribution in [0.25, 0.3) is 0 Å². The molecule has 1 fully saturated rings. The average molecular weight is 265 g/mol. The first-order valence-corrected chi connectivity index (χ1v) is 8.31. The fraction of sp³-hybridized carbons (Fsp3) is 0.571. The van der Waals surface area contributed by atoms with E-state index in [0.29, 0.717) is 4.90 Å². The van der Waals surface area contributed by atoms with Crippen molar-refractivity contribution in [3.8, 4) is 0 Å². The highest BCUT2D eigenvalue weighted by atomic mass is 32.2. The summed E-state index contributed by atoms with van der Waals surface area (Å²) in [5, 5.41) is 3.61. The van der Waals surface area contributed by atoms with Gasteiger partial charge in [-0.2, -0.15) is 0 Å². The van der Waals surface area contributed by atoms with Crippen molar-refractivity contribution < 1.29 is 8.42 Å². The minimum Gasteiger partial charge on any atom is -0.303 e. The van der Waals surface area contributed by atoms with Gasteiger partial charge in [-0.15, -0.1) is 0 Å². The van der Waals surface area contributed by atoms with Crippen LogP contribution in [0.15, 0.2) is 29.2 Å². The molecular weight excluding hydrogens is 246 g/mol. The van der Waals surface area contributed by atoms with Crippen molar-refractivity contribution in [3.63, 3.8) is 0 Å². The standard InChI is InChI=1S/C14H19NO2S/c1-2-14(8-5-9-14)15-12-10-18(16,17)13-7-4-3-6-11(12)13/h3-4,6-7,12,15H,2,5,8-10H2,1H3. The van der Waals surface area contributed by atoms with Gasteiger partial charge in [0.1, 0.15) is 0 Å². The maximum absolute atomic E-state index is 12.1. The van der Waals surface area contributed by atoms with Crippen LogP contribution < -0.4 is 5.32 Å². The van der Waals surface area contributed by atoms with Gasteiger partial charge < -0.3 is 5.32 Å². The SMILES string of the molecule is CCC1(NC2CS(=O)(=O)c3ccccc32)CCC1. The molecule has 1 unspecified atom stereocenters. The fourth-order valence-electron chi connectivity index (χ4n) is 3.14. The summed E-state index contributed by atoms with van der Waals surface area (Å²) in [5.41, 5.74) is 1.13. The van der Waals surface area contributed by atoms with Crippen molar-refractivity contribution in [2.45, 2.75) is 49.1 Å². The molecule has 1 saturated carbocycles. The zero-order valence-electron chi connectivity index (χ0n) is 10.6. The Kier molecular flexibility index (Phi) is 2.75. The molecule has 0 saturated heterocycles. The topological polar surface area (TPSA) is 46.2 Å². The van der Waals surface area contributed by atoms with Crippen LogP contribution in [0.3, 0.4) is 0 Å². The lowest BCUT2D eigenvalue weighted by atomic mass is 9.74. The third-order valence-corrected chi connectivity index (χ3v) is 6.30. The van der Waals surface area contributed by atoms with Crippen LogP contribution in [0.2, 0.25) is 0 Å². The Bertz CT molecular complexity index is 555. The van der Waals surface area contributed by atoms with E-state index in [1.165, 1.54) is 19.3 Å². The Morgan fingerprint density at radius 1 is 1.33 bits per heavy atom. The summed E-state index contributed by atoms with van der Waals surface area (Å²) in [6.45, 7) is 2.18. The maximum atomic E-state index is 12.1. The van der Waals surface area contributed by atoms with E-state index >= 15 is 0 Å². The Morgan fingerprint density at radius 3 is 2.67 bits per heavy atom. The number of nitrogens with one attached hydrogen (secondary N) is 1. The number of hydrogen-bond donors (Lipinski definition) is 1. The zero-order chi connectivity index (χ0) is 12.8. The summed E-state index contributed by atoms with van der Waals surface area (Å²) >= 11 is 0. The van der Waals surface area contributed by atoms with E-state index in [0.717, 1.165) is 12.0 Å². The van der Waals surface area contributed by atoms with Crippen LogP contribution in [0.5, 0.6) is 0 Å². The van der Waals surface area contributed by atoms with E-state index in [2.05, 4.69) is 12.2 Å². The molecule has 0 aromatic heterocycles.